The molecule has 2 aliphatic rings. The van der Waals surface area contributed by atoms with Crippen LogP contribution in [0.2, 0.25) is 0 Å². The number of likely N-dealkylation sites (tertiary alicyclic amines) is 1. The van der Waals surface area contributed by atoms with Crippen molar-refractivity contribution in [1.29, 1.82) is 0 Å². The Morgan fingerprint density at radius 1 is 1.44 bits per heavy atom. The van der Waals surface area contributed by atoms with Crippen LogP contribution in [0.15, 0.2) is 4.52 Å². The van der Waals surface area contributed by atoms with Crippen molar-refractivity contribution >= 4 is 0 Å². The molecule has 3 rings (SSSR count). The number of hydrogen-bond donors (Lipinski definition) is 0. The lowest BCUT2D eigenvalue weighted by Gasteiger charge is -2.21. The van der Waals surface area contributed by atoms with Crippen molar-refractivity contribution in [1.82, 2.24) is 15.0 Å². The molecule has 16 heavy (non-hydrogen) atoms. The third-order valence-corrected chi connectivity index (χ3v) is 4.03. The largest absolute Gasteiger partial charge is 0.337 e. The van der Waals surface area contributed by atoms with Crippen LogP contribution < -0.4 is 0 Å². The molecule has 0 amide bonds. The van der Waals surface area contributed by atoms with Crippen LogP contribution in [0.3, 0.4) is 0 Å². The molecule has 1 aromatic heterocycles. The van der Waals surface area contributed by atoms with Crippen molar-refractivity contribution in [3.8, 4) is 0 Å². The standard InChI is InChI=1S/C10H15N3O.C2H6/c1-6-8-4-5-13(3)10(6,8)9-11-7(2)12-14-9;1-2/h6,8H,4-5H2,1-3H3;1-2H3/t6-,8?,10?;/m0./s1. The molecule has 0 spiro atoms. The van der Waals surface area contributed by atoms with Gasteiger partial charge in [0, 0.05) is 0 Å². The first kappa shape index (κ1) is 11.6. The molecule has 1 saturated carbocycles. The minimum absolute atomic E-state index is 0.0846. The third-order valence-electron chi connectivity index (χ3n) is 4.03. The van der Waals surface area contributed by atoms with Gasteiger partial charge < -0.3 is 4.52 Å². The molecule has 0 N–H and O–H groups in total. The SMILES string of the molecule is CC.Cc1noc(C23C(CCN2C)[C@@H]3C)n1. The monoisotopic (exact) mass is 223 g/mol. The fourth-order valence-electron chi connectivity index (χ4n) is 3.23. The van der Waals surface area contributed by atoms with Gasteiger partial charge in [0.15, 0.2) is 5.82 Å². The number of hydrogen-bond acceptors (Lipinski definition) is 4. The molecule has 0 radical (unpaired) electrons. The Labute approximate surface area is 97.0 Å². The summed E-state index contributed by atoms with van der Waals surface area (Å²) in [5, 5.41) is 3.89. The zero-order valence-corrected chi connectivity index (χ0v) is 10.8. The summed E-state index contributed by atoms with van der Waals surface area (Å²) in [4.78, 5) is 6.76. The van der Waals surface area contributed by atoms with E-state index in [0.717, 1.165) is 24.2 Å². The van der Waals surface area contributed by atoms with Crippen LogP contribution >= 0.6 is 0 Å². The van der Waals surface area contributed by atoms with Gasteiger partial charge in [-0.05, 0) is 38.8 Å². The van der Waals surface area contributed by atoms with Gasteiger partial charge >= 0.3 is 0 Å². The summed E-state index contributed by atoms with van der Waals surface area (Å²) in [6, 6.07) is 0. The maximum atomic E-state index is 5.33. The molecular weight excluding hydrogens is 202 g/mol. The topological polar surface area (TPSA) is 42.2 Å². The van der Waals surface area contributed by atoms with Gasteiger partial charge in [0.2, 0.25) is 5.89 Å². The molecule has 1 aromatic rings. The first-order valence-electron chi connectivity index (χ1n) is 6.19. The van der Waals surface area contributed by atoms with Crippen molar-refractivity contribution in [2.24, 2.45) is 11.8 Å². The molecule has 0 bridgehead atoms. The second kappa shape index (κ2) is 3.84. The van der Waals surface area contributed by atoms with E-state index >= 15 is 0 Å². The van der Waals surface area contributed by atoms with E-state index in [-0.39, 0.29) is 5.54 Å². The number of fused-ring (bicyclic) bond motifs is 1. The van der Waals surface area contributed by atoms with E-state index in [1.165, 1.54) is 6.42 Å². The highest BCUT2D eigenvalue weighted by molar-refractivity contribution is 5.26. The van der Waals surface area contributed by atoms with E-state index < -0.39 is 0 Å². The number of piperidine rings is 1. The molecule has 0 aromatic carbocycles. The lowest BCUT2D eigenvalue weighted by molar-refractivity contribution is 0.185. The lowest BCUT2D eigenvalue weighted by Crippen LogP contribution is -2.31. The number of nitrogens with zero attached hydrogens (tertiary/aromatic N) is 3. The molecule has 1 saturated heterocycles. The molecule has 1 aliphatic carbocycles. The zero-order chi connectivity index (χ0) is 11.9. The van der Waals surface area contributed by atoms with Crippen molar-refractivity contribution in [3.05, 3.63) is 11.7 Å². The molecule has 2 fully saturated rings. The predicted octanol–water partition coefficient (Wildman–Crippen LogP) is 2.20. The van der Waals surface area contributed by atoms with E-state index in [2.05, 4.69) is 29.0 Å². The van der Waals surface area contributed by atoms with Crippen LogP contribution in [0, 0.1) is 18.8 Å². The molecule has 90 valence electrons. The number of aromatic nitrogens is 2. The van der Waals surface area contributed by atoms with Crippen LogP contribution in [0.25, 0.3) is 0 Å². The third kappa shape index (κ3) is 1.25. The predicted molar refractivity (Wildman–Crippen MR) is 62.0 cm³/mol. The Bertz CT molecular complexity index is 372. The van der Waals surface area contributed by atoms with Crippen LogP contribution in [-0.4, -0.2) is 28.6 Å². The number of rotatable bonds is 1. The number of aryl methyl sites for hydroxylation is 1. The Balaban J connectivity index is 0.000000457. The van der Waals surface area contributed by atoms with Crippen LogP contribution in [-0.2, 0) is 5.54 Å². The Kier molecular flexibility index (Phi) is 2.78. The minimum atomic E-state index is 0.0846. The van der Waals surface area contributed by atoms with Gasteiger partial charge in [-0.3, -0.25) is 4.90 Å². The first-order valence-corrected chi connectivity index (χ1v) is 6.19. The fourth-order valence-corrected chi connectivity index (χ4v) is 3.23. The highest BCUT2D eigenvalue weighted by Crippen LogP contribution is 2.65. The average Bonchev–Trinajstić information content (AvgIpc) is 2.64. The van der Waals surface area contributed by atoms with Crippen LogP contribution in [0.4, 0.5) is 0 Å². The van der Waals surface area contributed by atoms with Crippen molar-refractivity contribution < 1.29 is 4.52 Å². The molecule has 2 heterocycles. The van der Waals surface area contributed by atoms with Crippen LogP contribution in [0.5, 0.6) is 0 Å². The van der Waals surface area contributed by atoms with E-state index in [1.54, 1.807) is 0 Å². The molecule has 4 nitrogen and oxygen atoms in total. The Morgan fingerprint density at radius 3 is 2.56 bits per heavy atom. The van der Waals surface area contributed by atoms with Crippen molar-refractivity contribution in [3.63, 3.8) is 0 Å². The van der Waals surface area contributed by atoms with Crippen molar-refractivity contribution in [2.45, 2.75) is 39.7 Å². The van der Waals surface area contributed by atoms with Gasteiger partial charge in [-0.15, -0.1) is 0 Å². The van der Waals surface area contributed by atoms with Gasteiger partial charge in [-0.1, -0.05) is 25.9 Å². The summed E-state index contributed by atoms with van der Waals surface area (Å²) in [6.45, 7) is 9.30. The summed E-state index contributed by atoms with van der Waals surface area (Å²) in [5.41, 5.74) is 0.0846. The highest BCUT2D eigenvalue weighted by atomic mass is 16.5. The van der Waals surface area contributed by atoms with Gasteiger partial charge in [0.25, 0.3) is 0 Å². The first-order chi connectivity index (χ1) is 7.67. The van der Waals surface area contributed by atoms with Gasteiger partial charge in [-0.2, -0.15) is 4.98 Å². The smallest absolute Gasteiger partial charge is 0.247 e. The summed E-state index contributed by atoms with van der Waals surface area (Å²) in [7, 11) is 2.16. The van der Waals surface area contributed by atoms with Gasteiger partial charge in [0.05, 0.1) is 0 Å². The molecule has 2 unspecified atom stereocenters. The zero-order valence-electron chi connectivity index (χ0n) is 10.8. The molecule has 3 atom stereocenters. The van der Waals surface area contributed by atoms with E-state index in [9.17, 15) is 0 Å². The fraction of sp³-hybridized carbons (Fsp3) is 0.833. The summed E-state index contributed by atoms with van der Waals surface area (Å²) in [5.74, 6) is 2.97. The quantitative estimate of drug-likeness (QED) is 0.732. The van der Waals surface area contributed by atoms with Crippen molar-refractivity contribution in [2.75, 3.05) is 13.6 Å². The van der Waals surface area contributed by atoms with E-state index in [4.69, 9.17) is 4.52 Å². The summed E-state index contributed by atoms with van der Waals surface area (Å²) in [6.07, 6.45) is 1.26. The second-order valence-corrected chi connectivity index (χ2v) is 4.58. The Hall–Kier alpha value is -0.900. The normalized spacial score (nSPS) is 36.6. The summed E-state index contributed by atoms with van der Waals surface area (Å²) < 4.78 is 5.33. The maximum absolute atomic E-state index is 5.33. The van der Waals surface area contributed by atoms with Crippen LogP contribution in [0.1, 0.15) is 38.9 Å². The van der Waals surface area contributed by atoms with Gasteiger partial charge in [-0.25, -0.2) is 0 Å². The Morgan fingerprint density at radius 2 is 2.12 bits per heavy atom. The lowest BCUT2D eigenvalue weighted by atomic mass is 10.2. The van der Waals surface area contributed by atoms with E-state index in [1.807, 2.05) is 20.8 Å². The average molecular weight is 223 g/mol. The molecular formula is C12H21N3O. The second-order valence-electron chi connectivity index (χ2n) is 4.58. The minimum Gasteiger partial charge on any atom is -0.337 e. The molecule has 1 aliphatic heterocycles. The molecule has 4 heteroatoms. The highest BCUT2D eigenvalue weighted by Gasteiger charge is 2.71. The van der Waals surface area contributed by atoms with E-state index in [0.29, 0.717) is 5.92 Å². The maximum Gasteiger partial charge on any atom is 0.247 e. The van der Waals surface area contributed by atoms with Gasteiger partial charge in [0.1, 0.15) is 5.54 Å². The summed E-state index contributed by atoms with van der Waals surface area (Å²) >= 11 is 0.